The van der Waals surface area contributed by atoms with E-state index in [-0.39, 0.29) is 4.43 Å². The maximum absolute atomic E-state index is 10.2. The van der Waals surface area contributed by atoms with E-state index in [0.717, 1.165) is 0 Å². The summed E-state index contributed by atoms with van der Waals surface area (Å²) in [6.45, 7) is 0. The Morgan fingerprint density at radius 3 is 1.79 bits per heavy atom. The molecular formula is C9H9IO4. The highest BCUT2D eigenvalue weighted by atomic mass is 127. The number of rotatable bonds is 2. The molecule has 0 aliphatic carbocycles. The molecule has 0 bridgehead atoms. The molecule has 0 radical (unpaired) electrons. The van der Waals surface area contributed by atoms with Crippen molar-refractivity contribution in [3.05, 3.63) is 35.9 Å². The van der Waals surface area contributed by atoms with Gasteiger partial charge >= 0.3 is 11.9 Å². The Hall–Kier alpha value is -1.11. The maximum Gasteiger partial charge on any atom is 0.335 e. The van der Waals surface area contributed by atoms with Crippen molar-refractivity contribution in [2.24, 2.45) is 0 Å². The lowest BCUT2D eigenvalue weighted by Gasteiger charge is -1.88. The number of carboxylic acids is 2. The van der Waals surface area contributed by atoms with Crippen molar-refractivity contribution in [3.8, 4) is 0 Å². The second kappa shape index (κ2) is 7.31. The van der Waals surface area contributed by atoms with Crippen LogP contribution in [0.4, 0.5) is 0 Å². The number of carboxylic acid groups (broad SMARTS) is 2. The van der Waals surface area contributed by atoms with Crippen molar-refractivity contribution < 1.29 is 19.8 Å². The van der Waals surface area contributed by atoms with Gasteiger partial charge in [-0.2, -0.15) is 0 Å². The number of aromatic carboxylic acids is 1. The Bertz CT molecular complexity index is 297. The van der Waals surface area contributed by atoms with Gasteiger partial charge in [0.15, 0.2) is 0 Å². The largest absolute Gasteiger partial charge is 0.481 e. The Balaban J connectivity index is 0.000000292. The van der Waals surface area contributed by atoms with Crippen LogP contribution in [0.2, 0.25) is 0 Å². The number of aliphatic carboxylic acids is 1. The zero-order valence-corrected chi connectivity index (χ0v) is 9.34. The fourth-order valence-corrected chi connectivity index (χ4v) is 0.581. The van der Waals surface area contributed by atoms with Crippen LogP contribution in [0.3, 0.4) is 0 Å². The van der Waals surface area contributed by atoms with Crippen LogP contribution in [0.1, 0.15) is 10.4 Å². The lowest BCUT2D eigenvalue weighted by atomic mass is 10.2. The molecule has 0 unspecified atom stereocenters. The van der Waals surface area contributed by atoms with Crippen molar-refractivity contribution in [1.82, 2.24) is 0 Å². The first kappa shape index (κ1) is 12.9. The van der Waals surface area contributed by atoms with Gasteiger partial charge in [-0.25, -0.2) is 4.79 Å². The molecule has 0 heterocycles. The van der Waals surface area contributed by atoms with Crippen LogP contribution in [0.15, 0.2) is 30.3 Å². The van der Waals surface area contributed by atoms with Gasteiger partial charge in [-0.1, -0.05) is 40.8 Å². The normalized spacial score (nSPS) is 8.36. The van der Waals surface area contributed by atoms with Gasteiger partial charge in [0.05, 0.1) is 9.99 Å². The van der Waals surface area contributed by atoms with E-state index in [2.05, 4.69) is 0 Å². The van der Waals surface area contributed by atoms with Crippen LogP contribution < -0.4 is 0 Å². The number of halogens is 1. The van der Waals surface area contributed by atoms with E-state index in [1.165, 1.54) is 0 Å². The minimum Gasteiger partial charge on any atom is -0.481 e. The second-order valence-corrected chi connectivity index (χ2v) is 2.96. The molecule has 0 atom stereocenters. The highest BCUT2D eigenvalue weighted by Crippen LogP contribution is 1.96. The topological polar surface area (TPSA) is 74.6 Å². The monoisotopic (exact) mass is 308 g/mol. The van der Waals surface area contributed by atoms with Crippen molar-refractivity contribution in [1.29, 1.82) is 0 Å². The quantitative estimate of drug-likeness (QED) is 0.646. The van der Waals surface area contributed by atoms with Gasteiger partial charge < -0.3 is 10.2 Å². The van der Waals surface area contributed by atoms with E-state index in [1.54, 1.807) is 52.9 Å². The van der Waals surface area contributed by atoms with E-state index in [9.17, 15) is 9.59 Å². The minimum absolute atomic E-state index is 0.192. The molecule has 4 nitrogen and oxygen atoms in total. The third-order valence-electron chi connectivity index (χ3n) is 1.14. The van der Waals surface area contributed by atoms with Crippen LogP contribution >= 0.6 is 22.6 Å². The molecule has 0 spiro atoms. The van der Waals surface area contributed by atoms with E-state index >= 15 is 0 Å². The van der Waals surface area contributed by atoms with Crippen LogP contribution in [0.25, 0.3) is 0 Å². The predicted molar refractivity (Wildman–Crippen MR) is 59.9 cm³/mol. The zero-order valence-electron chi connectivity index (χ0n) is 7.18. The molecule has 0 saturated heterocycles. The van der Waals surface area contributed by atoms with E-state index < -0.39 is 11.9 Å². The van der Waals surface area contributed by atoms with Gasteiger partial charge in [-0.05, 0) is 12.1 Å². The summed E-state index contributed by atoms with van der Waals surface area (Å²) < 4.78 is 0.192. The van der Waals surface area contributed by atoms with Gasteiger partial charge in [0.1, 0.15) is 0 Å². The minimum atomic E-state index is -0.879. The Labute approximate surface area is 94.7 Å². The van der Waals surface area contributed by atoms with Crippen LogP contribution in [-0.4, -0.2) is 26.6 Å². The summed E-state index contributed by atoms with van der Waals surface area (Å²) in [5.74, 6) is -1.64. The van der Waals surface area contributed by atoms with Crippen molar-refractivity contribution in [3.63, 3.8) is 0 Å². The van der Waals surface area contributed by atoms with Gasteiger partial charge in [-0.15, -0.1) is 0 Å². The fourth-order valence-electron chi connectivity index (χ4n) is 0.581. The van der Waals surface area contributed by atoms with Crippen LogP contribution in [0, 0.1) is 0 Å². The lowest BCUT2D eigenvalue weighted by molar-refractivity contribution is -0.133. The summed E-state index contributed by atoms with van der Waals surface area (Å²) in [5, 5.41) is 16.1. The molecule has 14 heavy (non-hydrogen) atoms. The summed E-state index contributed by atoms with van der Waals surface area (Å²) in [5.41, 5.74) is 0.331. The number of alkyl halides is 1. The Morgan fingerprint density at radius 1 is 1.14 bits per heavy atom. The molecule has 1 rings (SSSR count). The van der Waals surface area contributed by atoms with Crippen molar-refractivity contribution in [2.75, 3.05) is 4.43 Å². The molecule has 0 aliphatic rings. The predicted octanol–water partition coefficient (Wildman–Crippen LogP) is 1.89. The number of carbonyl (C=O) groups is 2. The third kappa shape index (κ3) is 6.41. The molecule has 2 N–H and O–H groups in total. The van der Waals surface area contributed by atoms with E-state index in [0.29, 0.717) is 5.56 Å². The molecule has 0 amide bonds. The molecule has 0 aromatic heterocycles. The first-order valence-corrected chi connectivity index (χ1v) is 5.16. The fraction of sp³-hybridized carbons (Fsp3) is 0.111. The Morgan fingerprint density at radius 2 is 1.57 bits per heavy atom. The summed E-state index contributed by atoms with van der Waals surface area (Å²) in [6.07, 6.45) is 0. The molecule has 5 heteroatoms. The van der Waals surface area contributed by atoms with E-state index in [1.807, 2.05) is 0 Å². The number of hydrogen-bond donors (Lipinski definition) is 2. The average molecular weight is 308 g/mol. The molecule has 1 aromatic rings. The zero-order chi connectivity index (χ0) is 11.0. The molecule has 76 valence electrons. The summed E-state index contributed by atoms with van der Waals surface area (Å²) in [6, 6.07) is 8.30. The van der Waals surface area contributed by atoms with Gasteiger partial charge in [0, 0.05) is 0 Å². The van der Waals surface area contributed by atoms with Gasteiger partial charge in [-0.3, -0.25) is 4.79 Å². The lowest BCUT2D eigenvalue weighted by Crippen LogP contribution is -1.93. The maximum atomic E-state index is 10.2. The number of benzene rings is 1. The molecule has 0 fully saturated rings. The van der Waals surface area contributed by atoms with Crippen LogP contribution in [-0.2, 0) is 4.79 Å². The summed E-state index contributed by atoms with van der Waals surface area (Å²) in [4.78, 5) is 19.6. The average Bonchev–Trinajstić information content (AvgIpc) is 2.20. The van der Waals surface area contributed by atoms with Crippen molar-refractivity contribution in [2.45, 2.75) is 0 Å². The van der Waals surface area contributed by atoms with E-state index in [4.69, 9.17) is 10.2 Å². The standard InChI is InChI=1S/C7H6O2.C2H3IO2/c8-7(9)6-4-2-1-3-5-6;3-1-2(4)5/h1-5H,(H,8,9);1H2,(H,4,5). The highest BCUT2D eigenvalue weighted by molar-refractivity contribution is 14.1. The Kier molecular flexibility index (Phi) is 6.73. The molecule has 1 aromatic carbocycles. The first-order chi connectivity index (χ1) is 6.57. The third-order valence-corrected chi connectivity index (χ3v) is 1.79. The smallest absolute Gasteiger partial charge is 0.335 e. The molecule has 0 saturated carbocycles. The van der Waals surface area contributed by atoms with Crippen molar-refractivity contribution >= 4 is 34.5 Å². The first-order valence-electron chi connectivity index (χ1n) is 3.64. The van der Waals surface area contributed by atoms with Gasteiger partial charge in [0.25, 0.3) is 0 Å². The summed E-state index contributed by atoms with van der Waals surface area (Å²) in [7, 11) is 0. The second-order valence-electron chi connectivity index (χ2n) is 2.20. The molecule has 0 aliphatic heterocycles. The highest BCUT2D eigenvalue weighted by Gasteiger charge is 1.96. The molecular weight excluding hydrogens is 299 g/mol. The van der Waals surface area contributed by atoms with Crippen LogP contribution in [0.5, 0.6) is 0 Å². The number of hydrogen-bond acceptors (Lipinski definition) is 2. The summed E-state index contributed by atoms with van der Waals surface area (Å²) >= 11 is 1.78. The SMILES string of the molecule is O=C(O)CI.O=C(O)c1ccccc1. The van der Waals surface area contributed by atoms with Gasteiger partial charge in [0.2, 0.25) is 0 Å².